The number of nitrogen functional groups attached to an aromatic ring is 1. The summed E-state index contributed by atoms with van der Waals surface area (Å²) in [5, 5.41) is 3.29. The van der Waals surface area contributed by atoms with Gasteiger partial charge in [0.2, 0.25) is 0 Å². The first kappa shape index (κ1) is 14.1. The number of anilines is 3. The van der Waals surface area contributed by atoms with Gasteiger partial charge >= 0.3 is 0 Å². The molecule has 0 saturated heterocycles. The van der Waals surface area contributed by atoms with Crippen molar-refractivity contribution in [2.24, 2.45) is 0 Å². The second-order valence-electron chi connectivity index (χ2n) is 5.23. The lowest BCUT2D eigenvalue weighted by Crippen LogP contribution is -1.98. The number of pyridine rings is 2. The summed E-state index contributed by atoms with van der Waals surface area (Å²) in [6.07, 6.45) is 4.54. The smallest absolute Gasteiger partial charge is 0.130 e. The van der Waals surface area contributed by atoms with E-state index in [1.165, 1.54) is 11.1 Å². The highest BCUT2D eigenvalue weighted by Gasteiger charge is 2.00. The van der Waals surface area contributed by atoms with Crippen LogP contribution >= 0.6 is 0 Å². The van der Waals surface area contributed by atoms with Crippen LogP contribution in [0.2, 0.25) is 0 Å². The maximum absolute atomic E-state index is 5.78. The maximum Gasteiger partial charge on any atom is 0.130 e. The summed E-state index contributed by atoms with van der Waals surface area (Å²) < 4.78 is 0. The van der Waals surface area contributed by atoms with Gasteiger partial charge in [-0.05, 0) is 60.9 Å². The predicted octanol–water partition coefficient (Wildman–Crippen LogP) is 3.70. The Morgan fingerprint density at radius 2 is 1.59 bits per heavy atom. The molecule has 3 aromatic rings. The van der Waals surface area contributed by atoms with Crippen molar-refractivity contribution in [1.82, 2.24) is 9.97 Å². The van der Waals surface area contributed by atoms with Crippen LogP contribution in [0, 0.1) is 6.92 Å². The van der Waals surface area contributed by atoms with Gasteiger partial charge in [0.1, 0.15) is 5.82 Å². The van der Waals surface area contributed by atoms with Crippen LogP contribution in [0.1, 0.15) is 16.8 Å². The molecule has 0 aliphatic carbocycles. The van der Waals surface area contributed by atoms with Crippen LogP contribution < -0.4 is 11.1 Å². The number of aryl methyl sites for hydroxylation is 1. The molecule has 0 aliphatic rings. The Labute approximate surface area is 130 Å². The minimum atomic E-state index is 0.707. The van der Waals surface area contributed by atoms with Crippen molar-refractivity contribution in [3.05, 3.63) is 77.7 Å². The average Bonchev–Trinajstić information content (AvgIpc) is 2.54. The number of benzene rings is 1. The Hall–Kier alpha value is -2.88. The lowest BCUT2D eigenvalue weighted by molar-refractivity contribution is 1.16. The lowest BCUT2D eigenvalue weighted by atomic mass is 10.1. The molecular formula is C18H18N4. The van der Waals surface area contributed by atoms with Crippen molar-refractivity contribution >= 4 is 17.2 Å². The summed E-state index contributed by atoms with van der Waals surface area (Å²) in [4.78, 5) is 8.45. The topological polar surface area (TPSA) is 63.8 Å². The maximum atomic E-state index is 5.78. The molecule has 0 spiro atoms. The number of rotatable bonds is 4. The van der Waals surface area contributed by atoms with Gasteiger partial charge in [0.15, 0.2) is 0 Å². The van der Waals surface area contributed by atoms with Crippen molar-refractivity contribution in [2.45, 2.75) is 13.3 Å². The van der Waals surface area contributed by atoms with E-state index < -0.39 is 0 Å². The van der Waals surface area contributed by atoms with E-state index in [1.807, 2.05) is 43.6 Å². The van der Waals surface area contributed by atoms with Gasteiger partial charge in [-0.25, -0.2) is 4.98 Å². The SMILES string of the molecule is Cc1nc(Nc2ccc(Cc3ccncc3)cc2)ccc1N. The zero-order valence-electron chi connectivity index (χ0n) is 12.5. The van der Waals surface area contributed by atoms with Crippen LogP contribution in [0.5, 0.6) is 0 Å². The molecule has 110 valence electrons. The van der Waals surface area contributed by atoms with E-state index in [2.05, 4.69) is 39.6 Å². The molecule has 0 fully saturated rings. The zero-order valence-corrected chi connectivity index (χ0v) is 12.5. The fourth-order valence-electron chi connectivity index (χ4n) is 2.23. The third-order valence-corrected chi connectivity index (χ3v) is 3.51. The molecule has 2 heterocycles. The van der Waals surface area contributed by atoms with Crippen LogP contribution in [-0.4, -0.2) is 9.97 Å². The van der Waals surface area contributed by atoms with Crippen molar-refractivity contribution in [2.75, 3.05) is 11.1 Å². The first-order valence-corrected chi connectivity index (χ1v) is 7.19. The molecular weight excluding hydrogens is 272 g/mol. The number of hydrogen-bond acceptors (Lipinski definition) is 4. The molecule has 0 aliphatic heterocycles. The third-order valence-electron chi connectivity index (χ3n) is 3.51. The first-order chi connectivity index (χ1) is 10.7. The predicted molar refractivity (Wildman–Crippen MR) is 90.2 cm³/mol. The van der Waals surface area contributed by atoms with E-state index in [1.54, 1.807) is 0 Å². The quantitative estimate of drug-likeness (QED) is 0.769. The molecule has 22 heavy (non-hydrogen) atoms. The first-order valence-electron chi connectivity index (χ1n) is 7.19. The van der Waals surface area contributed by atoms with E-state index in [-0.39, 0.29) is 0 Å². The Morgan fingerprint density at radius 3 is 2.27 bits per heavy atom. The van der Waals surface area contributed by atoms with Crippen LogP contribution in [0.4, 0.5) is 17.2 Å². The third kappa shape index (κ3) is 3.41. The standard InChI is InChI=1S/C18H18N4/c1-13-17(19)6-7-18(21-13)22-16-4-2-14(3-5-16)12-15-8-10-20-11-9-15/h2-11H,12,19H2,1H3,(H,21,22). The molecule has 0 amide bonds. The van der Waals surface area contributed by atoms with Crippen LogP contribution in [0.25, 0.3) is 0 Å². The van der Waals surface area contributed by atoms with Crippen LogP contribution in [0.3, 0.4) is 0 Å². The number of hydrogen-bond donors (Lipinski definition) is 2. The summed E-state index contributed by atoms with van der Waals surface area (Å²) in [5.41, 5.74) is 10.8. The van der Waals surface area contributed by atoms with Gasteiger partial charge in [0.05, 0.1) is 11.4 Å². The molecule has 0 bridgehead atoms. The second-order valence-corrected chi connectivity index (χ2v) is 5.23. The average molecular weight is 290 g/mol. The zero-order chi connectivity index (χ0) is 15.4. The van der Waals surface area contributed by atoms with E-state index in [9.17, 15) is 0 Å². The van der Waals surface area contributed by atoms with Gasteiger partial charge in [0.25, 0.3) is 0 Å². The van der Waals surface area contributed by atoms with Gasteiger partial charge in [-0.1, -0.05) is 12.1 Å². The molecule has 3 N–H and O–H groups in total. The Bertz CT molecular complexity index is 752. The highest BCUT2D eigenvalue weighted by Crippen LogP contribution is 2.19. The Kier molecular flexibility index (Phi) is 4.01. The van der Waals surface area contributed by atoms with Gasteiger partial charge in [-0.3, -0.25) is 4.98 Å². The molecule has 1 aromatic carbocycles. The fraction of sp³-hybridized carbons (Fsp3) is 0.111. The minimum absolute atomic E-state index is 0.707. The monoisotopic (exact) mass is 290 g/mol. The molecule has 0 unspecified atom stereocenters. The van der Waals surface area contributed by atoms with E-state index in [0.717, 1.165) is 23.6 Å². The molecule has 0 radical (unpaired) electrons. The van der Waals surface area contributed by atoms with E-state index in [4.69, 9.17) is 5.73 Å². The number of nitrogens with zero attached hydrogens (tertiary/aromatic N) is 2. The second kappa shape index (κ2) is 6.26. The minimum Gasteiger partial charge on any atom is -0.397 e. The van der Waals surface area contributed by atoms with Crippen molar-refractivity contribution in [3.63, 3.8) is 0 Å². The molecule has 2 aromatic heterocycles. The molecule has 0 saturated carbocycles. The van der Waals surface area contributed by atoms with Crippen LogP contribution in [0.15, 0.2) is 60.9 Å². The van der Waals surface area contributed by atoms with Gasteiger partial charge < -0.3 is 11.1 Å². The van der Waals surface area contributed by atoms with Crippen molar-refractivity contribution < 1.29 is 0 Å². The van der Waals surface area contributed by atoms with Gasteiger partial charge in [0, 0.05) is 18.1 Å². The molecule has 4 heteroatoms. The lowest BCUT2D eigenvalue weighted by Gasteiger charge is -2.08. The summed E-state index contributed by atoms with van der Waals surface area (Å²) in [6, 6.07) is 16.2. The number of nitrogens with two attached hydrogens (primary N) is 1. The highest BCUT2D eigenvalue weighted by molar-refractivity contribution is 5.59. The largest absolute Gasteiger partial charge is 0.397 e. The molecule has 3 rings (SSSR count). The summed E-state index contributed by atoms with van der Waals surface area (Å²) in [5.74, 6) is 0.800. The van der Waals surface area contributed by atoms with E-state index in [0.29, 0.717) is 5.69 Å². The summed E-state index contributed by atoms with van der Waals surface area (Å²) >= 11 is 0. The van der Waals surface area contributed by atoms with Gasteiger partial charge in [-0.15, -0.1) is 0 Å². The van der Waals surface area contributed by atoms with Crippen molar-refractivity contribution in [3.8, 4) is 0 Å². The van der Waals surface area contributed by atoms with Crippen LogP contribution in [-0.2, 0) is 6.42 Å². The van der Waals surface area contributed by atoms with E-state index >= 15 is 0 Å². The fourth-order valence-corrected chi connectivity index (χ4v) is 2.23. The summed E-state index contributed by atoms with van der Waals surface area (Å²) in [6.45, 7) is 1.90. The van der Waals surface area contributed by atoms with Gasteiger partial charge in [-0.2, -0.15) is 0 Å². The normalized spacial score (nSPS) is 10.4. The summed E-state index contributed by atoms with van der Waals surface area (Å²) in [7, 11) is 0. The van der Waals surface area contributed by atoms with Crippen molar-refractivity contribution in [1.29, 1.82) is 0 Å². The number of aromatic nitrogens is 2. The molecule has 0 atom stereocenters. The molecule has 4 nitrogen and oxygen atoms in total. The Balaban J connectivity index is 1.70. The number of nitrogens with one attached hydrogen (secondary N) is 1. The Morgan fingerprint density at radius 1 is 0.909 bits per heavy atom. The highest BCUT2D eigenvalue weighted by atomic mass is 15.0.